The number of carbonyl (C=O) groups excluding carboxylic acids is 3. The maximum atomic E-state index is 12.7. The maximum absolute atomic E-state index is 12.7. The summed E-state index contributed by atoms with van der Waals surface area (Å²) in [5.74, 6) is -1.93. The third-order valence-corrected chi connectivity index (χ3v) is 7.51. The van der Waals surface area contributed by atoms with E-state index in [1.807, 2.05) is 0 Å². The van der Waals surface area contributed by atoms with Gasteiger partial charge in [0.15, 0.2) is 15.0 Å². The number of carbonyl (C=O) groups is 3. The van der Waals surface area contributed by atoms with E-state index in [2.05, 4.69) is 10.3 Å². The van der Waals surface area contributed by atoms with E-state index >= 15 is 0 Å². The van der Waals surface area contributed by atoms with Crippen molar-refractivity contribution in [3.8, 4) is 0 Å². The molecule has 0 unspecified atom stereocenters. The summed E-state index contributed by atoms with van der Waals surface area (Å²) in [6, 6.07) is 5.91. The van der Waals surface area contributed by atoms with Crippen LogP contribution < -0.4 is 5.32 Å². The van der Waals surface area contributed by atoms with Crippen LogP contribution in [-0.4, -0.2) is 48.3 Å². The van der Waals surface area contributed by atoms with Crippen LogP contribution in [0, 0.1) is 0 Å². The van der Waals surface area contributed by atoms with Gasteiger partial charge in [-0.05, 0) is 37.3 Å². The summed E-state index contributed by atoms with van der Waals surface area (Å²) >= 11 is 13.0. The minimum absolute atomic E-state index is 0.0762. The van der Waals surface area contributed by atoms with Crippen molar-refractivity contribution in [1.29, 1.82) is 0 Å². The number of hydrogen-bond acceptors (Lipinski definition) is 7. The number of amides is 3. The molecule has 31 heavy (non-hydrogen) atoms. The molecular weight excluding hydrogens is 485 g/mol. The number of benzene rings is 2. The second-order valence-electron chi connectivity index (χ2n) is 6.88. The van der Waals surface area contributed by atoms with Crippen molar-refractivity contribution >= 4 is 77.4 Å². The van der Waals surface area contributed by atoms with Gasteiger partial charge in [0.05, 0.1) is 36.3 Å². The molecule has 3 amide bonds. The van der Waals surface area contributed by atoms with Crippen molar-refractivity contribution in [3.05, 3.63) is 51.5 Å². The molecule has 0 saturated heterocycles. The van der Waals surface area contributed by atoms with Gasteiger partial charge in [0.1, 0.15) is 6.04 Å². The molecule has 0 saturated carbocycles. The number of hydrogen-bond donors (Lipinski definition) is 1. The number of nitrogens with zero attached hydrogens (tertiary/aromatic N) is 2. The number of fused-ring (bicyclic) bond motifs is 2. The second kappa shape index (κ2) is 7.56. The first kappa shape index (κ1) is 21.7. The summed E-state index contributed by atoms with van der Waals surface area (Å²) < 4.78 is 24.0. The lowest BCUT2D eigenvalue weighted by atomic mass is 10.1. The van der Waals surface area contributed by atoms with Gasteiger partial charge in [-0.1, -0.05) is 34.5 Å². The van der Waals surface area contributed by atoms with Gasteiger partial charge < -0.3 is 5.32 Å². The lowest BCUT2D eigenvalue weighted by Crippen LogP contribution is -2.45. The molecule has 2 heterocycles. The first-order valence-corrected chi connectivity index (χ1v) is 12.2. The van der Waals surface area contributed by atoms with E-state index in [1.54, 1.807) is 6.07 Å². The Morgan fingerprint density at radius 3 is 2.23 bits per heavy atom. The summed E-state index contributed by atoms with van der Waals surface area (Å²) in [7, 11) is -3.39. The van der Waals surface area contributed by atoms with E-state index in [9.17, 15) is 22.8 Å². The molecule has 0 aliphatic carbocycles. The van der Waals surface area contributed by atoms with Crippen LogP contribution in [0.3, 0.4) is 0 Å². The van der Waals surface area contributed by atoms with E-state index in [0.29, 0.717) is 10.2 Å². The number of rotatable bonds is 4. The SMILES string of the molecule is C[C@@H](C(=O)Nc1nc2ccc(S(C)(=O)=O)cc2s1)N1C(=O)c2cc(Cl)c(Cl)cc2C1=O. The number of anilines is 1. The first-order chi connectivity index (χ1) is 14.5. The summed E-state index contributed by atoms with van der Waals surface area (Å²) in [5, 5.41) is 3.04. The maximum Gasteiger partial charge on any atom is 0.262 e. The van der Waals surface area contributed by atoms with Crippen LogP contribution >= 0.6 is 34.5 Å². The molecule has 1 N–H and O–H groups in total. The van der Waals surface area contributed by atoms with Crippen molar-refractivity contribution < 1.29 is 22.8 Å². The first-order valence-electron chi connectivity index (χ1n) is 8.76. The monoisotopic (exact) mass is 497 g/mol. The Hall–Kier alpha value is -2.53. The van der Waals surface area contributed by atoms with Crippen LogP contribution in [0.2, 0.25) is 10.0 Å². The second-order valence-corrected chi connectivity index (χ2v) is 10.7. The Morgan fingerprint density at radius 2 is 1.68 bits per heavy atom. The summed E-state index contributed by atoms with van der Waals surface area (Å²) in [5.41, 5.74) is 0.657. The Kier molecular flexibility index (Phi) is 5.29. The molecule has 0 fully saturated rings. The predicted octanol–water partition coefficient (Wildman–Crippen LogP) is 3.63. The number of halogens is 2. The zero-order valence-electron chi connectivity index (χ0n) is 16.0. The molecule has 0 radical (unpaired) electrons. The van der Waals surface area contributed by atoms with Crippen molar-refractivity contribution in [2.75, 3.05) is 11.6 Å². The van der Waals surface area contributed by atoms with Crippen molar-refractivity contribution in [2.24, 2.45) is 0 Å². The van der Waals surface area contributed by atoms with E-state index in [-0.39, 0.29) is 31.2 Å². The van der Waals surface area contributed by atoms with Gasteiger partial charge in [-0.15, -0.1) is 0 Å². The molecule has 0 spiro atoms. The molecule has 0 bridgehead atoms. The molecule has 1 aromatic heterocycles. The molecule has 3 aromatic rings. The number of nitrogens with one attached hydrogen (secondary N) is 1. The Labute approximate surface area is 190 Å². The van der Waals surface area contributed by atoms with E-state index in [1.165, 1.54) is 31.2 Å². The van der Waals surface area contributed by atoms with Gasteiger partial charge in [-0.3, -0.25) is 19.3 Å². The van der Waals surface area contributed by atoms with Crippen LogP contribution in [0.15, 0.2) is 35.2 Å². The van der Waals surface area contributed by atoms with Gasteiger partial charge in [0, 0.05) is 6.26 Å². The van der Waals surface area contributed by atoms with Crippen LogP contribution in [0.4, 0.5) is 5.13 Å². The molecule has 1 aliphatic heterocycles. The highest BCUT2D eigenvalue weighted by Gasteiger charge is 2.41. The number of thiazole rings is 1. The quantitative estimate of drug-likeness (QED) is 0.550. The number of sulfone groups is 1. The number of aromatic nitrogens is 1. The lowest BCUT2D eigenvalue weighted by molar-refractivity contribution is -0.119. The molecule has 1 atom stereocenters. The average Bonchev–Trinajstić information content (AvgIpc) is 3.19. The minimum Gasteiger partial charge on any atom is -0.300 e. The number of imide groups is 1. The summed E-state index contributed by atoms with van der Waals surface area (Å²) in [6.07, 6.45) is 1.10. The topological polar surface area (TPSA) is 114 Å². The van der Waals surface area contributed by atoms with Gasteiger partial charge >= 0.3 is 0 Å². The highest BCUT2D eigenvalue weighted by atomic mass is 35.5. The van der Waals surface area contributed by atoms with Crippen molar-refractivity contribution in [3.63, 3.8) is 0 Å². The van der Waals surface area contributed by atoms with Crippen LogP contribution in [-0.2, 0) is 14.6 Å². The van der Waals surface area contributed by atoms with Crippen LogP contribution in [0.1, 0.15) is 27.6 Å². The third-order valence-electron chi connectivity index (χ3n) is 4.74. The standard InChI is InChI=1S/C19H13Cl2N3O5S2/c1-8(24-17(26)10-6-12(20)13(21)7-11(10)18(24)27)16(25)23-19-22-14-4-3-9(31(2,28)29)5-15(14)30-19/h3-8H,1-2H3,(H,22,23,25)/t8-/m0/s1. The summed E-state index contributed by atoms with van der Waals surface area (Å²) in [4.78, 5) is 43.4. The lowest BCUT2D eigenvalue weighted by Gasteiger charge is -2.21. The summed E-state index contributed by atoms with van der Waals surface area (Å²) in [6.45, 7) is 1.41. The molecular formula is C19H13Cl2N3O5S2. The highest BCUT2D eigenvalue weighted by molar-refractivity contribution is 7.90. The molecule has 8 nitrogen and oxygen atoms in total. The third kappa shape index (κ3) is 3.80. The van der Waals surface area contributed by atoms with Gasteiger partial charge in [0.2, 0.25) is 5.91 Å². The van der Waals surface area contributed by atoms with E-state index in [0.717, 1.165) is 22.5 Å². The van der Waals surface area contributed by atoms with Crippen molar-refractivity contribution in [1.82, 2.24) is 9.88 Å². The van der Waals surface area contributed by atoms with Gasteiger partial charge in [-0.2, -0.15) is 0 Å². The van der Waals surface area contributed by atoms with Gasteiger partial charge in [-0.25, -0.2) is 13.4 Å². The van der Waals surface area contributed by atoms with Crippen LogP contribution in [0.25, 0.3) is 10.2 Å². The zero-order chi connectivity index (χ0) is 22.7. The Morgan fingerprint density at radius 1 is 1.10 bits per heavy atom. The van der Waals surface area contributed by atoms with Gasteiger partial charge in [0.25, 0.3) is 11.8 Å². The van der Waals surface area contributed by atoms with Crippen molar-refractivity contribution in [2.45, 2.75) is 17.9 Å². The van der Waals surface area contributed by atoms with Crippen LogP contribution in [0.5, 0.6) is 0 Å². The fourth-order valence-electron chi connectivity index (χ4n) is 3.12. The molecule has 4 rings (SSSR count). The zero-order valence-corrected chi connectivity index (χ0v) is 19.1. The largest absolute Gasteiger partial charge is 0.300 e. The Balaban J connectivity index is 1.58. The average molecular weight is 498 g/mol. The van der Waals surface area contributed by atoms with E-state index < -0.39 is 33.6 Å². The fraction of sp³-hybridized carbons (Fsp3) is 0.158. The molecule has 2 aromatic carbocycles. The minimum atomic E-state index is -3.39. The smallest absolute Gasteiger partial charge is 0.262 e. The molecule has 12 heteroatoms. The van der Waals surface area contributed by atoms with E-state index in [4.69, 9.17) is 23.2 Å². The normalized spacial score (nSPS) is 14.8. The molecule has 1 aliphatic rings. The molecule has 160 valence electrons. The highest BCUT2D eigenvalue weighted by Crippen LogP contribution is 2.33. The Bertz CT molecular complexity index is 1360. The predicted molar refractivity (Wildman–Crippen MR) is 118 cm³/mol. The fourth-order valence-corrected chi connectivity index (χ4v) is 5.08.